The fourth-order valence-electron chi connectivity index (χ4n) is 1.50. The molecule has 0 N–H and O–H groups in total. The van der Waals surface area contributed by atoms with Gasteiger partial charge in [-0.3, -0.25) is 0 Å². The third kappa shape index (κ3) is 1.44. The van der Waals surface area contributed by atoms with Gasteiger partial charge in [0, 0.05) is 9.58 Å². The Balaban J connectivity index is 2.79. The second-order valence-electron chi connectivity index (χ2n) is 3.27. The van der Waals surface area contributed by atoms with Crippen LogP contribution in [0, 0.1) is 13.8 Å². The van der Waals surface area contributed by atoms with Crippen molar-refractivity contribution in [2.45, 2.75) is 13.8 Å². The first-order valence-electron chi connectivity index (χ1n) is 4.36. The van der Waals surface area contributed by atoms with Gasteiger partial charge < -0.3 is 4.74 Å². The number of benzene rings is 1. The molecule has 3 heteroatoms. The van der Waals surface area contributed by atoms with Crippen LogP contribution >= 0.6 is 27.3 Å². The van der Waals surface area contributed by atoms with E-state index < -0.39 is 0 Å². The van der Waals surface area contributed by atoms with E-state index in [9.17, 15) is 0 Å². The Hall–Kier alpha value is -0.540. The van der Waals surface area contributed by atoms with Crippen molar-refractivity contribution in [2.24, 2.45) is 0 Å². The van der Waals surface area contributed by atoms with Gasteiger partial charge in [0.15, 0.2) is 0 Å². The molecule has 14 heavy (non-hydrogen) atoms. The Morgan fingerprint density at radius 1 is 1.29 bits per heavy atom. The van der Waals surface area contributed by atoms with E-state index in [1.165, 1.54) is 20.5 Å². The molecule has 2 rings (SSSR count). The summed E-state index contributed by atoms with van der Waals surface area (Å²) in [7, 11) is 1.69. The second kappa shape index (κ2) is 3.55. The average molecular weight is 271 g/mol. The molecule has 1 aromatic carbocycles. The number of halogens is 1. The van der Waals surface area contributed by atoms with E-state index in [0.29, 0.717) is 0 Å². The van der Waals surface area contributed by atoms with Gasteiger partial charge in [0.1, 0.15) is 5.75 Å². The molecule has 0 unspecified atom stereocenters. The Morgan fingerprint density at radius 2 is 2.00 bits per heavy atom. The molecule has 2 aromatic rings. The summed E-state index contributed by atoms with van der Waals surface area (Å²) < 4.78 is 7.58. The zero-order chi connectivity index (χ0) is 10.3. The second-order valence-corrected chi connectivity index (χ2v) is 5.38. The molecular weight excluding hydrogens is 260 g/mol. The van der Waals surface area contributed by atoms with Crippen LogP contribution in [0.4, 0.5) is 0 Å². The smallest absolute Gasteiger partial charge is 0.134 e. The number of hydrogen-bond acceptors (Lipinski definition) is 2. The van der Waals surface area contributed by atoms with E-state index >= 15 is 0 Å². The zero-order valence-corrected chi connectivity index (χ0v) is 10.8. The van der Waals surface area contributed by atoms with Gasteiger partial charge in [0.05, 0.1) is 11.6 Å². The van der Waals surface area contributed by atoms with Crippen LogP contribution in [0.1, 0.15) is 10.4 Å². The van der Waals surface area contributed by atoms with Crippen LogP contribution in [0.2, 0.25) is 0 Å². The van der Waals surface area contributed by atoms with E-state index in [2.05, 4.69) is 41.9 Å². The molecule has 0 saturated carbocycles. The highest BCUT2D eigenvalue weighted by Gasteiger charge is 2.08. The highest BCUT2D eigenvalue weighted by atomic mass is 79.9. The predicted molar refractivity (Wildman–Crippen MR) is 65.6 cm³/mol. The fraction of sp³-hybridized carbons (Fsp3) is 0.273. The van der Waals surface area contributed by atoms with E-state index in [4.69, 9.17) is 4.74 Å². The van der Waals surface area contributed by atoms with E-state index in [1.807, 2.05) is 11.3 Å². The molecule has 1 aromatic heterocycles. The van der Waals surface area contributed by atoms with Crippen LogP contribution in [0.25, 0.3) is 10.1 Å². The van der Waals surface area contributed by atoms with Crippen LogP contribution in [-0.2, 0) is 0 Å². The lowest BCUT2D eigenvalue weighted by molar-refractivity contribution is 0.413. The van der Waals surface area contributed by atoms with Crippen molar-refractivity contribution < 1.29 is 4.74 Å². The van der Waals surface area contributed by atoms with E-state index in [1.54, 1.807) is 7.11 Å². The molecule has 1 nitrogen and oxygen atoms in total. The molecule has 0 spiro atoms. The van der Waals surface area contributed by atoms with Crippen molar-refractivity contribution in [1.29, 1.82) is 0 Å². The summed E-state index contributed by atoms with van der Waals surface area (Å²) in [5.74, 6) is 0.902. The summed E-state index contributed by atoms with van der Waals surface area (Å²) in [5.41, 5.74) is 1.37. The summed E-state index contributed by atoms with van der Waals surface area (Å²) >= 11 is 5.32. The summed E-state index contributed by atoms with van der Waals surface area (Å²) in [6.07, 6.45) is 0. The maximum absolute atomic E-state index is 5.26. The topological polar surface area (TPSA) is 9.23 Å². The molecule has 0 atom stereocenters. The lowest BCUT2D eigenvalue weighted by Crippen LogP contribution is -1.83. The molecule has 0 radical (unpaired) electrons. The normalized spacial score (nSPS) is 10.9. The van der Waals surface area contributed by atoms with Crippen molar-refractivity contribution in [1.82, 2.24) is 0 Å². The van der Waals surface area contributed by atoms with Crippen molar-refractivity contribution in [3.05, 3.63) is 27.0 Å². The first-order valence-corrected chi connectivity index (χ1v) is 5.97. The molecule has 1 heterocycles. The number of ether oxygens (including phenoxy) is 1. The lowest BCUT2D eigenvalue weighted by Gasteiger charge is -2.02. The van der Waals surface area contributed by atoms with Crippen LogP contribution in [0.5, 0.6) is 5.75 Å². The third-order valence-electron chi connectivity index (χ3n) is 2.45. The largest absolute Gasteiger partial charge is 0.496 e. The van der Waals surface area contributed by atoms with Gasteiger partial charge in [0.2, 0.25) is 0 Å². The molecule has 0 aliphatic heterocycles. The molecule has 0 bridgehead atoms. The summed E-state index contributed by atoms with van der Waals surface area (Å²) in [6, 6.07) is 4.22. The van der Waals surface area contributed by atoms with E-state index in [-0.39, 0.29) is 0 Å². The Bertz CT molecular complexity index is 487. The quantitative estimate of drug-likeness (QED) is 0.751. The standard InChI is InChI=1S/C11H11BrOS/c1-6-7(2)14-11-5-10(13-3)9(12)4-8(6)11/h4-5H,1-3H3. The van der Waals surface area contributed by atoms with Gasteiger partial charge in [-0.15, -0.1) is 11.3 Å². The number of hydrogen-bond donors (Lipinski definition) is 0. The SMILES string of the molecule is COc1cc2sc(C)c(C)c2cc1Br. The maximum atomic E-state index is 5.26. The van der Waals surface area contributed by atoms with Crippen LogP contribution in [0.15, 0.2) is 16.6 Å². The first kappa shape index (κ1) is 9.99. The minimum atomic E-state index is 0.902. The predicted octanol–water partition coefficient (Wildman–Crippen LogP) is 4.29. The molecule has 0 amide bonds. The van der Waals surface area contributed by atoms with Crippen molar-refractivity contribution in [3.8, 4) is 5.75 Å². The summed E-state index contributed by atoms with van der Waals surface area (Å²) in [5, 5.41) is 1.32. The number of rotatable bonds is 1. The minimum absolute atomic E-state index is 0.902. The van der Waals surface area contributed by atoms with Crippen LogP contribution in [0.3, 0.4) is 0 Å². The van der Waals surface area contributed by atoms with Crippen molar-refractivity contribution in [2.75, 3.05) is 7.11 Å². The monoisotopic (exact) mass is 270 g/mol. The van der Waals surface area contributed by atoms with Crippen molar-refractivity contribution >= 4 is 37.4 Å². The third-order valence-corrected chi connectivity index (χ3v) is 4.24. The maximum Gasteiger partial charge on any atom is 0.134 e. The van der Waals surface area contributed by atoms with Gasteiger partial charge in [-0.2, -0.15) is 0 Å². The number of fused-ring (bicyclic) bond motifs is 1. The number of methoxy groups -OCH3 is 1. The minimum Gasteiger partial charge on any atom is -0.496 e. The number of thiophene rings is 1. The number of aryl methyl sites for hydroxylation is 2. The molecule has 0 aliphatic carbocycles. The highest BCUT2D eigenvalue weighted by molar-refractivity contribution is 9.10. The average Bonchev–Trinajstić information content (AvgIpc) is 2.43. The molecular formula is C11H11BrOS. The van der Waals surface area contributed by atoms with Crippen LogP contribution < -0.4 is 4.74 Å². The van der Waals surface area contributed by atoms with Crippen LogP contribution in [-0.4, -0.2) is 7.11 Å². The van der Waals surface area contributed by atoms with Gasteiger partial charge >= 0.3 is 0 Å². The lowest BCUT2D eigenvalue weighted by atomic mass is 10.1. The van der Waals surface area contributed by atoms with E-state index in [0.717, 1.165) is 10.2 Å². The van der Waals surface area contributed by atoms with Gasteiger partial charge in [-0.05, 0) is 52.9 Å². The molecule has 0 fully saturated rings. The zero-order valence-electron chi connectivity index (χ0n) is 8.35. The molecule has 74 valence electrons. The fourth-order valence-corrected chi connectivity index (χ4v) is 3.09. The Morgan fingerprint density at radius 3 is 2.64 bits per heavy atom. The highest BCUT2D eigenvalue weighted by Crippen LogP contribution is 2.37. The van der Waals surface area contributed by atoms with Gasteiger partial charge in [0.25, 0.3) is 0 Å². The Labute approximate surface area is 95.8 Å². The van der Waals surface area contributed by atoms with Crippen molar-refractivity contribution in [3.63, 3.8) is 0 Å². The summed E-state index contributed by atoms with van der Waals surface area (Å²) in [6.45, 7) is 4.31. The summed E-state index contributed by atoms with van der Waals surface area (Å²) in [4.78, 5) is 1.38. The Kier molecular flexibility index (Phi) is 2.54. The first-order chi connectivity index (χ1) is 6.63. The van der Waals surface area contributed by atoms with Gasteiger partial charge in [-0.1, -0.05) is 0 Å². The molecule has 0 aliphatic rings. The molecule has 0 saturated heterocycles. The van der Waals surface area contributed by atoms with Gasteiger partial charge in [-0.25, -0.2) is 0 Å².